The molecule has 0 amide bonds. The Labute approximate surface area is 173 Å². The van der Waals surface area contributed by atoms with Crippen LogP contribution in [0.25, 0.3) is 10.8 Å². The predicted octanol–water partition coefficient (Wildman–Crippen LogP) is 3.77. The van der Waals surface area contributed by atoms with Gasteiger partial charge in [-0.1, -0.05) is 0 Å². The van der Waals surface area contributed by atoms with Crippen molar-refractivity contribution < 1.29 is 13.9 Å². The Balaban J connectivity index is 1.24. The van der Waals surface area contributed by atoms with Crippen LogP contribution in [0.1, 0.15) is 21.8 Å². The van der Waals surface area contributed by atoms with Gasteiger partial charge in [-0.25, -0.2) is 4.98 Å². The Morgan fingerprint density at radius 2 is 2.00 bits per heavy atom. The molecular formula is C22H23N3O3S. The highest BCUT2D eigenvalue weighted by molar-refractivity contribution is 7.17. The highest BCUT2D eigenvalue weighted by Gasteiger charge is 2.23. The third-order valence-corrected chi connectivity index (χ3v) is 6.34. The summed E-state index contributed by atoms with van der Waals surface area (Å²) in [5, 5.41) is 0. The van der Waals surface area contributed by atoms with E-state index in [-0.39, 0.29) is 0 Å². The maximum absolute atomic E-state index is 5.92. The Morgan fingerprint density at radius 3 is 2.76 bits per heavy atom. The van der Waals surface area contributed by atoms with E-state index in [2.05, 4.69) is 28.1 Å². The van der Waals surface area contributed by atoms with Crippen LogP contribution in [0.4, 0.5) is 0 Å². The fraction of sp³-hybridized carbons (Fsp3) is 0.364. The van der Waals surface area contributed by atoms with Crippen molar-refractivity contribution in [1.29, 1.82) is 0 Å². The van der Waals surface area contributed by atoms with Gasteiger partial charge in [-0.15, -0.1) is 11.3 Å². The number of ether oxygens (including phenoxy) is 2. The summed E-state index contributed by atoms with van der Waals surface area (Å²) in [4.78, 5) is 13.7. The maximum atomic E-state index is 5.92. The van der Waals surface area contributed by atoms with Crippen LogP contribution >= 0.6 is 11.3 Å². The third-order valence-electron chi connectivity index (χ3n) is 5.17. The molecule has 0 atom stereocenters. The number of fused-ring (bicyclic) bond motifs is 1. The smallest absolute Gasteiger partial charge is 0.236 e. The fourth-order valence-corrected chi connectivity index (χ4v) is 4.74. The molecule has 29 heavy (non-hydrogen) atoms. The van der Waals surface area contributed by atoms with Gasteiger partial charge >= 0.3 is 0 Å². The molecule has 2 aliphatic heterocycles. The summed E-state index contributed by atoms with van der Waals surface area (Å²) in [6.45, 7) is 7.85. The van der Waals surface area contributed by atoms with E-state index < -0.39 is 0 Å². The molecule has 0 bridgehead atoms. The normalized spacial score (nSPS) is 16.7. The summed E-state index contributed by atoms with van der Waals surface area (Å²) >= 11 is 1.69. The van der Waals surface area contributed by atoms with E-state index in [0.717, 1.165) is 60.5 Å². The highest BCUT2D eigenvalue weighted by atomic mass is 32.1. The number of morpholine rings is 1. The van der Waals surface area contributed by atoms with Crippen molar-refractivity contribution >= 4 is 17.0 Å². The lowest BCUT2D eigenvalue weighted by Crippen LogP contribution is -2.38. The third kappa shape index (κ3) is 3.99. The van der Waals surface area contributed by atoms with E-state index >= 15 is 0 Å². The lowest BCUT2D eigenvalue weighted by Gasteiger charge is -2.26. The van der Waals surface area contributed by atoms with Crippen molar-refractivity contribution in [2.45, 2.75) is 13.5 Å². The lowest BCUT2D eigenvalue weighted by molar-refractivity contribution is 0.0322. The second-order valence-electron chi connectivity index (χ2n) is 7.23. The molecule has 2 aliphatic rings. The van der Waals surface area contributed by atoms with Gasteiger partial charge in [0.15, 0.2) is 0 Å². The first-order valence-corrected chi connectivity index (χ1v) is 10.7. The molecule has 0 radical (unpaired) electrons. The van der Waals surface area contributed by atoms with E-state index in [0.29, 0.717) is 19.0 Å². The van der Waals surface area contributed by atoms with Crippen molar-refractivity contribution in [1.82, 2.24) is 9.88 Å². The number of hydrogen-bond donors (Lipinski definition) is 0. The van der Waals surface area contributed by atoms with Gasteiger partial charge in [-0.3, -0.25) is 9.89 Å². The van der Waals surface area contributed by atoms with Crippen molar-refractivity contribution in [3.05, 3.63) is 58.3 Å². The van der Waals surface area contributed by atoms with Gasteiger partial charge in [0.25, 0.3) is 0 Å². The molecule has 5 rings (SSSR count). The van der Waals surface area contributed by atoms with Crippen LogP contribution in [0, 0.1) is 6.92 Å². The van der Waals surface area contributed by atoms with Crippen LogP contribution in [0.5, 0.6) is 5.75 Å². The quantitative estimate of drug-likeness (QED) is 0.620. The number of aryl methyl sites for hydroxylation is 1. The van der Waals surface area contributed by atoms with E-state index in [1.54, 1.807) is 17.5 Å². The molecule has 0 spiro atoms. The second-order valence-corrected chi connectivity index (χ2v) is 8.28. The standard InChI is InChI=1S/C22H23N3O3S/c1-15-13-24-22(28-15)19-12-17-14-23-20(21(17)29-19)16-2-4-18(5-3-16)27-11-8-25-6-9-26-10-7-25/h2-5,12-13H,6-11,14H2,1H3. The Kier molecular flexibility index (Phi) is 5.18. The molecule has 2 aromatic heterocycles. The Hall–Kier alpha value is -2.48. The number of nitrogens with zero attached hydrogens (tertiary/aromatic N) is 3. The number of thiophene rings is 1. The summed E-state index contributed by atoms with van der Waals surface area (Å²) in [6.07, 6.45) is 1.76. The maximum Gasteiger partial charge on any atom is 0.236 e. The number of rotatable bonds is 6. The van der Waals surface area contributed by atoms with Crippen LogP contribution in [0.3, 0.4) is 0 Å². The minimum atomic E-state index is 0.685. The number of hydrogen-bond acceptors (Lipinski definition) is 7. The van der Waals surface area contributed by atoms with Gasteiger partial charge in [0.05, 0.1) is 41.4 Å². The molecule has 1 aromatic carbocycles. The molecule has 4 heterocycles. The van der Waals surface area contributed by atoms with Crippen LogP contribution in [-0.4, -0.2) is 55.1 Å². The summed E-state index contributed by atoms with van der Waals surface area (Å²) < 4.78 is 17.0. The molecule has 3 aromatic rings. The molecule has 150 valence electrons. The van der Waals surface area contributed by atoms with Crippen LogP contribution < -0.4 is 4.74 Å². The molecule has 0 unspecified atom stereocenters. The average molecular weight is 410 g/mol. The van der Waals surface area contributed by atoms with Gasteiger partial charge in [0, 0.05) is 25.2 Å². The summed E-state index contributed by atoms with van der Waals surface area (Å²) in [5.74, 6) is 2.40. The SMILES string of the molecule is Cc1cnc(-c2cc3c(s2)C(c2ccc(OCCN4CCOCC4)cc2)=NC3)o1. The Morgan fingerprint density at radius 1 is 1.17 bits per heavy atom. The molecule has 0 aliphatic carbocycles. The van der Waals surface area contributed by atoms with Crippen molar-refractivity contribution in [2.75, 3.05) is 39.5 Å². The van der Waals surface area contributed by atoms with Crippen LogP contribution in [0.15, 0.2) is 45.9 Å². The molecule has 7 heteroatoms. The first-order valence-electron chi connectivity index (χ1n) is 9.90. The van der Waals surface area contributed by atoms with E-state index in [9.17, 15) is 0 Å². The van der Waals surface area contributed by atoms with Crippen molar-refractivity contribution in [3.8, 4) is 16.5 Å². The first-order chi connectivity index (χ1) is 14.3. The predicted molar refractivity (Wildman–Crippen MR) is 113 cm³/mol. The van der Waals surface area contributed by atoms with E-state index in [1.165, 1.54) is 10.4 Å². The summed E-state index contributed by atoms with van der Waals surface area (Å²) in [6, 6.07) is 10.4. The zero-order chi connectivity index (χ0) is 19.6. The molecule has 0 saturated carbocycles. The minimum absolute atomic E-state index is 0.685. The lowest BCUT2D eigenvalue weighted by atomic mass is 10.1. The number of aromatic nitrogens is 1. The monoisotopic (exact) mass is 409 g/mol. The fourth-order valence-electron chi connectivity index (χ4n) is 3.61. The topological polar surface area (TPSA) is 60.1 Å². The molecule has 1 saturated heterocycles. The molecular weight excluding hydrogens is 386 g/mol. The zero-order valence-electron chi connectivity index (χ0n) is 16.4. The summed E-state index contributed by atoms with van der Waals surface area (Å²) in [5.41, 5.74) is 3.39. The van der Waals surface area contributed by atoms with Gasteiger partial charge in [0.2, 0.25) is 5.89 Å². The molecule has 6 nitrogen and oxygen atoms in total. The van der Waals surface area contributed by atoms with Gasteiger partial charge in [-0.2, -0.15) is 0 Å². The van der Waals surface area contributed by atoms with Crippen molar-refractivity contribution in [2.24, 2.45) is 4.99 Å². The molecule has 0 N–H and O–H groups in total. The highest BCUT2D eigenvalue weighted by Crippen LogP contribution is 2.36. The first kappa shape index (κ1) is 18.5. The summed E-state index contributed by atoms with van der Waals surface area (Å²) in [7, 11) is 0. The van der Waals surface area contributed by atoms with Crippen molar-refractivity contribution in [3.63, 3.8) is 0 Å². The van der Waals surface area contributed by atoms with Gasteiger partial charge in [0.1, 0.15) is 18.1 Å². The van der Waals surface area contributed by atoms with E-state index in [4.69, 9.17) is 18.9 Å². The van der Waals surface area contributed by atoms with E-state index in [1.807, 2.05) is 19.1 Å². The van der Waals surface area contributed by atoms with Gasteiger partial charge < -0.3 is 13.9 Å². The number of benzene rings is 1. The number of oxazole rings is 1. The number of aliphatic imine (C=N–C) groups is 1. The van der Waals surface area contributed by atoms with Crippen LogP contribution in [-0.2, 0) is 11.3 Å². The minimum Gasteiger partial charge on any atom is -0.492 e. The molecule has 1 fully saturated rings. The second kappa shape index (κ2) is 8.10. The van der Waals surface area contributed by atoms with Crippen LogP contribution in [0.2, 0.25) is 0 Å². The van der Waals surface area contributed by atoms with Gasteiger partial charge in [-0.05, 0) is 42.8 Å². The Bertz CT molecular complexity index is 1020. The zero-order valence-corrected chi connectivity index (χ0v) is 17.2. The largest absolute Gasteiger partial charge is 0.492 e. The average Bonchev–Trinajstić information content (AvgIpc) is 3.45.